The highest BCUT2D eigenvalue weighted by molar-refractivity contribution is 6.32. The largest absolute Gasteiger partial charge is 0.487 e. The molecule has 16 heteroatoms. The molecule has 50 heavy (non-hydrogen) atoms. The fourth-order valence-electron chi connectivity index (χ4n) is 7.39. The Labute approximate surface area is 294 Å². The molecule has 3 atom stereocenters. The van der Waals surface area contributed by atoms with Crippen molar-refractivity contribution >= 4 is 23.2 Å². The number of hydrogen-bond acceptors (Lipinski definition) is 13. The van der Waals surface area contributed by atoms with Crippen molar-refractivity contribution in [3.8, 4) is 22.8 Å². The van der Waals surface area contributed by atoms with Gasteiger partial charge in [0.2, 0.25) is 5.95 Å². The Kier molecular flexibility index (Phi) is 9.50. The fraction of sp³-hybridized carbons (Fsp3) is 0.471. The normalized spacial score (nSPS) is 22.7. The molecule has 0 spiro atoms. The zero-order valence-corrected chi connectivity index (χ0v) is 28.5. The minimum Gasteiger partial charge on any atom is -0.487 e. The van der Waals surface area contributed by atoms with Crippen LogP contribution in [-0.2, 0) is 17.9 Å². The number of aromatic nitrogens is 10. The minimum absolute atomic E-state index is 0.189. The number of hydrogen-bond donors (Lipinski definition) is 1. The van der Waals surface area contributed by atoms with Gasteiger partial charge < -0.3 is 19.5 Å². The molecule has 15 nitrogen and oxygen atoms in total. The molecule has 2 aliphatic heterocycles. The summed E-state index contributed by atoms with van der Waals surface area (Å²) in [7, 11) is 0. The van der Waals surface area contributed by atoms with E-state index in [0.717, 1.165) is 50.0 Å². The number of benzene rings is 1. The number of fused-ring (bicyclic) bond motifs is 2. The third kappa shape index (κ3) is 7.25. The second-order valence-electron chi connectivity index (χ2n) is 13.1. The lowest BCUT2D eigenvalue weighted by atomic mass is 9.89. The van der Waals surface area contributed by atoms with Crippen LogP contribution < -0.4 is 14.8 Å². The molecule has 6 heterocycles. The van der Waals surface area contributed by atoms with Crippen LogP contribution >= 0.6 is 11.6 Å². The van der Waals surface area contributed by atoms with E-state index >= 15 is 0 Å². The average molecular weight is 699 g/mol. The second kappa shape index (κ2) is 14.6. The van der Waals surface area contributed by atoms with Crippen molar-refractivity contribution in [2.75, 3.05) is 18.5 Å². The third-order valence-electron chi connectivity index (χ3n) is 9.74. The van der Waals surface area contributed by atoms with Gasteiger partial charge in [-0.2, -0.15) is 0 Å². The summed E-state index contributed by atoms with van der Waals surface area (Å²) in [6.45, 7) is 4.35. The molecule has 0 radical (unpaired) electrons. The molecule has 1 N–H and O–H groups in total. The van der Waals surface area contributed by atoms with E-state index in [9.17, 15) is 0 Å². The van der Waals surface area contributed by atoms with Crippen molar-refractivity contribution in [2.24, 2.45) is 0 Å². The van der Waals surface area contributed by atoms with E-state index in [1.165, 1.54) is 12.8 Å². The second-order valence-corrected chi connectivity index (χ2v) is 13.5. The van der Waals surface area contributed by atoms with Crippen LogP contribution in [0.15, 0.2) is 61.6 Å². The molecular weight excluding hydrogens is 660 g/mol. The molecule has 3 fully saturated rings. The maximum Gasteiger partial charge on any atom is 0.257 e. The molecule has 1 aromatic carbocycles. The Morgan fingerprint density at radius 3 is 2.42 bits per heavy atom. The van der Waals surface area contributed by atoms with Crippen molar-refractivity contribution in [1.29, 1.82) is 0 Å². The lowest BCUT2D eigenvalue weighted by Gasteiger charge is -2.43. The van der Waals surface area contributed by atoms with Gasteiger partial charge in [0.15, 0.2) is 5.82 Å². The molecule has 260 valence electrons. The first-order valence-electron chi connectivity index (χ1n) is 17.1. The number of ether oxygens (including phenoxy) is 3. The first-order chi connectivity index (χ1) is 24.6. The highest BCUT2D eigenvalue weighted by Crippen LogP contribution is 2.40. The van der Waals surface area contributed by atoms with Gasteiger partial charge in [0.1, 0.15) is 30.5 Å². The first kappa shape index (κ1) is 32.5. The standard InChI is InChI=1S/C34H39ClN12O3/c1-22(16-45-21-40-43-44-45)50-31-13-23(3-10-29(31)35)24-14-38-34(39-15-24)41-30-17-46(42-33(30)49-20-32-36-11-2-12-37-32)25-4-6-26(7-5-25)47-27-8-9-28(47)19-48-18-27/h2-3,10-15,17,21-22,25-28H,4-9,16,18-20H2,1H3,(H,38,39,41)/t22-,25-,26-,27-,28+/m0/s1. The Balaban J connectivity index is 0.958. The summed E-state index contributed by atoms with van der Waals surface area (Å²) in [4.78, 5) is 20.6. The molecule has 2 saturated heterocycles. The van der Waals surface area contributed by atoms with Crippen LogP contribution in [0.5, 0.6) is 11.6 Å². The first-order valence-corrected chi connectivity index (χ1v) is 17.5. The predicted octanol–water partition coefficient (Wildman–Crippen LogP) is 4.91. The van der Waals surface area contributed by atoms with Gasteiger partial charge in [-0.3, -0.25) is 9.58 Å². The van der Waals surface area contributed by atoms with Gasteiger partial charge >= 0.3 is 0 Å². The minimum atomic E-state index is -0.213. The Morgan fingerprint density at radius 2 is 1.68 bits per heavy atom. The molecule has 2 bridgehead atoms. The highest BCUT2D eigenvalue weighted by atomic mass is 35.5. The van der Waals surface area contributed by atoms with E-state index in [1.54, 1.807) is 47.9 Å². The number of nitrogens with zero attached hydrogens (tertiary/aromatic N) is 11. The lowest BCUT2D eigenvalue weighted by Crippen LogP contribution is -2.52. The SMILES string of the molecule is C[C@@H](Cn1cnnn1)Oc1cc(-c2cnc(Nc3cn([C@H]4CC[C@H](N5[C@@H]6CC[C@H]5COC6)CC4)nc3OCc3ncccn3)nc2)ccc1Cl. The zero-order valence-electron chi connectivity index (χ0n) is 27.8. The average Bonchev–Trinajstić information content (AvgIpc) is 3.87. The number of rotatable bonds is 12. The van der Waals surface area contributed by atoms with Crippen molar-refractivity contribution in [2.45, 2.75) is 88.9 Å². The molecular formula is C34H39ClN12O3. The van der Waals surface area contributed by atoms with Crippen LogP contribution in [0.2, 0.25) is 5.02 Å². The summed E-state index contributed by atoms with van der Waals surface area (Å²) < 4.78 is 21.8. The quantitative estimate of drug-likeness (QED) is 0.188. The van der Waals surface area contributed by atoms with Crippen molar-refractivity contribution in [3.63, 3.8) is 0 Å². The number of nitrogens with one attached hydrogen (secondary N) is 1. The molecule has 3 aliphatic rings. The van der Waals surface area contributed by atoms with Crippen LogP contribution in [0.3, 0.4) is 0 Å². The van der Waals surface area contributed by atoms with Gasteiger partial charge in [-0.25, -0.2) is 24.6 Å². The van der Waals surface area contributed by atoms with Crippen LogP contribution in [-0.4, -0.2) is 92.3 Å². The van der Waals surface area contributed by atoms with Crippen LogP contribution in [0, 0.1) is 0 Å². The van der Waals surface area contributed by atoms with Crippen molar-refractivity contribution < 1.29 is 14.2 Å². The molecule has 0 amide bonds. The summed E-state index contributed by atoms with van der Waals surface area (Å²) in [5, 5.41) is 20.0. The van der Waals surface area contributed by atoms with Gasteiger partial charge in [-0.05, 0) is 79.6 Å². The van der Waals surface area contributed by atoms with Gasteiger partial charge in [-0.15, -0.1) is 10.2 Å². The summed E-state index contributed by atoms with van der Waals surface area (Å²) in [6, 6.07) is 9.42. The molecule has 1 aliphatic carbocycles. The number of halogens is 1. The van der Waals surface area contributed by atoms with Gasteiger partial charge in [0.25, 0.3) is 5.88 Å². The Morgan fingerprint density at radius 1 is 0.940 bits per heavy atom. The maximum absolute atomic E-state index is 6.47. The molecule has 0 unspecified atom stereocenters. The highest BCUT2D eigenvalue weighted by Gasteiger charge is 2.42. The van der Waals surface area contributed by atoms with Gasteiger partial charge in [-0.1, -0.05) is 17.7 Å². The monoisotopic (exact) mass is 698 g/mol. The molecule has 4 aromatic heterocycles. The number of tetrazole rings is 1. The Bertz CT molecular complexity index is 1840. The molecule has 5 aromatic rings. The number of anilines is 2. The maximum atomic E-state index is 6.47. The van der Waals surface area contributed by atoms with E-state index in [-0.39, 0.29) is 18.8 Å². The van der Waals surface area contributed by atoms with E-state index in [1.807, 2.05) is 29.9 Å². The third-order valence-corrected chi connectivity index (χ3v) is 10.1. The summed E-state index contributed by atoms with van der Waals surface area (Å²) >= 11 is 6.47. The zero-order chi connectivity index (χ0) is 33.9. The molecule has 1 saturated carbocycles. The van der Waals surface area contributed by atoms with E-state index in [0.29, 0.717) is 58.8 Å². The van der Waals surface area contributed by atoms with E-state index < -0.39 is 0 Å². The van der Waals surface area contributed by atoms with E-state index in [4.69, 9.17) is 30.9 Å². The molecule has 8 rings (SSSR count). The summed E-state index contributed by atoms with van der Waals surface area (Å²) in [6.07, 6.45) is 17.2. The van der Waals surface area contributed by atoms with Crippen LogP contribution in [0.25, 0.3) is 11.1 Å². The van der Waals surface area contributed by atoms with Crippen molar-refractivity contribution in [1.82, 2.24) is 54.8 Å². The van der Waals surface area contributed by atoms with E-state index in [2.05, 4.69) is 45.7 Å². The van der Waals surface area contributed by atoms with Crippen LogP contribution in [0.4, 0.5) is 11.6 Å². The predicted molar refractivity (Wildman–Crippen MR) is 183 cm³/mol. The van der Waals surface area contributed by atoms with Gasteiger partial charge in [0, 0.05) is 48.5 Å². The van der Waals surface area contributed by atoms with Crippen LogP contribution in [0.1, 0.15) is 57.3 Å². The van der Waals surface area contributed by atoms with Gasteiger partial charge in [0.05, 0.1) is 37.0 Å². The lowest BCUT2D eigenvalue weighted by molar-refractivity contribution is -0.0458. The van der Waals surface area contributed by atoms with Crippen molar-refractivity contribution in [3.05, 3.63) is 72.4 Å². The fourth-order valence-corrected chi connectivity index (χ4v) is 7.55. The number of morpholine rings is 1. The topological polar surface area (TPSA) is 156 Å². The summed E-state index contributed by atoms with van der Waals surface area (Å²) in [5.74, 6) is 2.00. The smallest absolute Gasteiger partial charge is 0.257 e. The summed E-state index contributed by atoms with van der Waals surface area (Å²) in [5.41, 5.74) is 2.36. The Hall–Kier alpha value is -4.73.